The largest absolute Gasteiger partial charge is 0.367 e. The van der Waals surface area contributed by atoms with Crippen molar-refractivity contribution in [1.29, 1.82) is 0 Å². The maximum atomic E-state index is 12.6. The Morgan fingerprint density at radius 1 is 0.852 bits per heavy atom. The molecule has 0 atom stereocenters. The Morgan fingerprint density at radius 2 is 1.52 bits per heavy atom. The summed E-state index contributed by atoms with van der Waals surface area (Å²) in [5, 5.41) is 1.35. The number of carbonyl (C=O) groups is 1. The predicted molar refractivity (Wildman–Crippen MR) is 110 cm³/mol. The first-order chi connectivity index (χ1) is 13.1. The van der Waals surface area contributed by atoms with Crippen molar-refractivity contribution in [3.63, 3.8) is 0 Å². The van der Waals surface area contributed by atoms with Crippen LogP contribution in [0.3, 0.4) is 0 Å². The molecule has 4 rings (SSSR count). The monoisotopic (exact) mass is 399 g/mol. The third-order valence-electron chi connectivity index (χ3n) is 4.83. The molecule has 4 nitrogen and oxygen atoms in total. The fraction of sp³-hybridized carbons (Fsp3) is 0.190. The maximum Gasteiger partial charge on any atom is 0.253 e. The van der Waals surface area contributed by atoms with Gasteiger partial charge in [-0.1, -0.05) is 23.2 Å². The van der Waals surface area contributed by atoms with Gasteiger partial charge in [-0.05, 0) is 54.6 Å². The van der Waals surface area contributed by atoms with E-state index in [-0.39, 0.29) is 5.91 Å². The quantitative estimate of drug-likeness (QED) is 0.635. The van der Waals surface area contributed by atoms with Crippen LogP contribution in [0.1, 0.15) is 10.4 Å². The van der Waals surface area contributed by atoms with Crippen LogP contribution in [0.5, 0.6) is 0 Å². The molecule has 1 aliphatic rings. The van der Waals surface area contributed by atoms with Crippen molar-refractivity contribution >= 4 is 34.8 Å². The summed E-state index contributed by atoms with van der Waals surface area (Å²) in [4.78, 5) is 16.7. The number of benzene rings is 2. The topological polar surface area (TPSA) is 28.5 Å². The standard InChI is InChI=1S/C21H19Cl2N3O/c22-17-5-3-16(4-6-17)21(27)26-13-11-25(12-14-26)20-8-7-18(15-19(20)23)24-9-1-2-10-24/h1-10,15H,11-14H2. The van der Waals surface area contributed by atoms with Crippen molar-refractivity contribution < 1.29 is 4.79 Å². The molecule has 1 saturated heterocycles. The predicted octanol–water partition coefficient (Wildman–Crippen LogP) is 4.75. The number of anilines is 1. The van der Waals surface area contributed by atoms with Gasteiger partial charge in [0, 0.05) is 54.8 Å². The van der Waals surface area contributed by atoms with E-state index in [0.29, 0.717) is 23.7 Å². The van der Waals surface area contributed by atoms with Gasteiger partial charge in [-0.25, -0.2) is 0 Å². The molecule has 1 aromatic heterocycles. The molecule has 27 heavy (non-hydrogen) atoms. The van der Waals surface area contributed by atoms with E-state index in [0.717, 1.165) is 29.5 Å². The van der Waals surface area contributed by atoms with Crippen molar-refractivity contribution in [2.24, 2.45) is 0 Å². The van der Waals surface area contributed by atoms with E-state index < -0.39 is 0 Å². The summed E-state index contributed by atoms with van der Waals surface area (Å²) in [5.74, 6) is 0.0420. The molecular formula is C21H19Cl2N3O. The number of amides is 1. The molecule has 138 valence electrons. The van der Waals surface area contributed by atoms with Crippen LogP contribution in [-0.2, 0) is 0 Å². The minimum absolute atomic E-state index is 0.0420. The first-order valence-electron chi connectivity index (χ1n) is 8.84. The lowest BCUT2D eigenvalue weighted by atomic mass is 10.1. The zero-order valence-electron chi connectivity index (χ0n) is 14.7. The van der Waals surface area contributed by atoms with Crippen molar-refractivity contribution in [1.82, 2.24) is 9.47 Å². The molecule has 0 bridgehead atoms. The minimum atomic E-state index is 0.0420. The summed E-state index contributed by atoms with van der Waals surface area (Å²) in [6.45, 7) is 2.83. The SMILES string of the molecule is O=C(c1ccc(Cl)cc1)N1CCN(c2ccc(-n3cccc3)cc2Cl)CC1. The van der Waals surface area contributed by atoms with Crippen LogP contribution in [0.25, 0.3) is 5.69 Å². The lowest BCUT2D eigenvalue weighted by Crippen LogP contribution is -2.48. The van der Waals surface area contributed by atoms with Gasteiger partial charge in [0.15, 0.2) is 0 Å². The smallest absolute Gasteiger partial charge is 0.253 e. The molecule has 0 aliphatic carbocycles. The van der Waals surface area contributed by atoms with E-state index in [1.807, 2.05) is 46.1 Å². The van der Waals surface area contributed by atoms with Crippen LogP contribution in [0.4, 0.5) is 5.69 Å². The van der Waals surface area contributed by atoms with Crippen molar-refractivity contribution in [2.75, 3.05) is 31.1 Å². The Bertz CT molecular complexity index is 931. The molecule has 2 aromatic carbocycles. The number of piperazine rings is 1. The van der Waals surface area contributed by atoms with E-state index in [1.54, 1.807) is 24.3 Å². The summed E-state index contributed by atoms with van der Waals surface area (Å²) in [6, 6.07) is 17.1. The molecule has 0 unspecified atom stereocenters. The Kier molecular flexibility index (Phi) is 5.10. The third kappa shape index (κ3) is 3.82. The zero-order chi connectivity index (χ0) is 18.8. The van der Waals surface area contributed by atoms with Crippen LogP contribution < -0.4 is 4.90 Å². The number of rotatable bonds is 3. The Morgan fingerprint density at radius 3 is 2.15 bits per heavy atom. The van der Waals surface area contributed by atoms with Gasteiger partial charge < -0.3 is 14.4 Å². The van der Waals surface area contributed by atoms with Crippen molar-refractivity contribution in [2.45, 2.75) is 0 Å². The third-order valence-corrected chi connectivity index (χ3v) is 5.39. The summed E-state index contributed by atoms with van der Waals surface area (Å²) < 4.78 is 2.03. The lowest BCUT2D eigenvalue weighted by Gasteiger charge is -2.36. The van der Waals surface area contributed by atoms with Crippen LogP contribution >= 0.6 is 23.2 Å². The average Bonchev–Trinajstić information content (AvgIpc) is 3.23. The van der Waals surface area contributed by atoms with Crippen LogP contribution in [0, 0.1) is 0 Å². The van der Waals surface area contributed by atoms with Crippen LogP contribution in [-0.4, -0.2) is 41.6 Å². The van der Waals surface area contributed by atoms with Gasteiger partial charge in [0.2, 0.25) is 0 Å². The molecule has 1 amide bonds. The fourth-order valence-electron chi connectivity index (χ4n) is 3.35. The highest BCUT2D eigenvalue weighted by atomic mass is 35.5. The van der Waals surface area contributed by atoms with Gasteiger partial charge in [-0.3, -0.25) is 4.79 Å². The number of carbonyl (C=O) groups excluding carboxylic acids is 1. The molecule has 1 fully saturated rings. The summed E-state index contributed by atoms with van der Waals surface area (Å²) in [7, 11) is 0. The second-order valence-electron chi connectivity index (χ2n) is 6.51. The highest BCUT2D eigenvalue weighted by Gasteiger charge is 2.23. The summed E-state index contributed by atoms with van der Waals surface area (Å²) >= 11 is 12.4. The molecule has 0 radical (unpaired) electrons. The Hall–Kier alpha value is -2.43. The maximum absolute atomic E-state index is 12.6. The Labute approximate surface area is 168 Å². The first-order valence-corrected chi connectivity index (χ1v) is 9.60. The highest BCUT2D eigenvalue weighted by Crippen LogP contribution is 2.29. The summed E-state index contributed by atoms with van der Waals surface area (Å²) in [5.41, 5.74) is 2.71. The van der Waals surface area contributed by atoms with Crippen LogP contribution in [0.2, 0.25) is 10.0 Å². The zero-order valence-corrected chi connectivity index (χ0v) is 16.2. The lowest BCUT2D eigenvalue weighted by molar-refractivity contribution is 0.0747. The minimum Gasteiger partial charge on any atom is -0.367 e. The number of halogens is 2. The molecule has 0 spiro atoms. The first kappa shape index (κ1) is 18.0. The number of nitrogens with zero attached hydrogens (tertiary/aromatic N) is 3. The normalized spacial score (nSPS) is 14.4. The van der Waals surface area contributed by atoms with Gasteiger partial charge in [-0.15, -0.1) is 0 Å². The average molecular weight is 400 g/mol. The van der Waals surface area contributed by atoms with Crippen LogP contribution in [0.15, 0.2) is 67.0 Å². The van der Waals surface area contributed by atoms with Crippen molar-refractivity contribution in [3.05, 3.63) is 82.6 Å². The number of hydrogen-bond donors (Lipinski definition) is 0. The number of aromatic nitrogens is 1. The molecule has 6 heteroatoms. The van der Waals surface area contributed by atoms with Crippen molar-refractivity contribution in [3.8, 4) is 5.69 Å². The molecule has 2 heterocycles. The summed E-state index contributed by atoms with van der Waals surface area (Å²) in [6.07, 6.45) is 3.99. The van der Waals surface area contributed by atoms with Gasteiger partial charge in [0.05, 0.1) is 10.7 Å². The molecule has 0 N–H and O–H groups in total. The van der Waals surface area contributed by atoms with E-state index in [4.69, 9.17) is 23.2 Å². The molecule has 0 saturated carbocycles. The van der Waals surface area contributed by atoms with Gasteiger partial charge >= 0.3 is 0 Å². The van der Waals surface area contributed by atoms with E-state index in [9.17, 15) is 4.79 Å². The van der Waals surface area contributed by atoms with Gasteiger partial charge in [0.1, 0.15) is 0 Å². The molecule has 1 aliphatic heterocycles. The number of hydrogen-bond acceptors (Lipinski definition) is 2. The highest BCUT2D eigenvalue weighted by molar-refractivity contribution is 6.33. The second kappa shape index (κ2) is 7.67. The van der Waals surface area contributed by atoms with E-state index in [2.05, 4.69) is 11.0 Å². The Balaban J connectivity index is 1.43. The molecule has 3 aromatic rings. The van der Waals surface area contributed by atoms with Gasteiger partial charge in [-0.2, -0.15) is 0 Å². The molecular weight excluding hydrogens is 381 g/mol. The fourth-order valence-corrected chi connectivity index (χ4v) is 3.77. The second-order valence-corrected chi connectivity index (χ2v) is 7.36. The van der Waals surface area contributed by atoms with E-state index in [1.165, 1.54) is 0 Å². The van der Waals surface area contributed by atoms with Gasteiger partial charge in [0.25, 0.3) is 5.91 Å². The van der Waals surface area contributed by atoms with E-state index >= 15 is 0 Å².